The summed E-state index contributed by atoms with van der Waals surface area (Å²) in [5.74, 6) is -1.30. The quantitative estimate of drug-likeness (QED) is 0.480. The van der Waals surface area contributed by atoms with Gasteiger partial charge in [0.05, 0.1) is 0 Å². The van der Waals surface area contributed by atoms with E-state index in [0.29, 0.717) is 17.7 Å². The second-order valence-electron chi connectivity index (χ2n) is 3.88. The standard InChI is InChI=1S/C15H15NO3/c1-3-9-16-15(19)13-6-4-5-12(10-13)7-8-14(18)11(2)17/h3-8,10H,1,9H2,2H3,(H,16,19)/b8-7+. The van der Waals surface area contributed by atoms with Crippen LogP contribution >= 0.6 is 0 Å². The van der Waals surface area contributed by atoms with Crippen molar-refractivity contribution in [2.75, 3.05) is 6.54 Å². The SMILES string of the molecule is C=CCNC(=O)c1cccc(/C=C/C(=O)C(C)=O)c1. The highest BCUT2D eigenvalue weighted by atomic mass is 16.2. The first kappa shape index (κ1) is 14.6. The zero-order valence-electron chi connectivity index (χ0n) is 10.7. The fourth-order valence-corrected chi connectivity index (χ4v) is 1.34. The van der Waals surface area contributed by atoms with Gasteiger partial charge in [-0.05, 0) is 23.8 Å². The number of allylic oxidation sites excluding steroid dienone is 1. The molecule has 1 N–H and O–H groups in total. The maximum absolute atomic E-state index is 11.7. The van der Waals surface area contributed by atoms with Gasteiger partial charge in [0.25, 0.3) is 5.91 Å². The van der Waals surface area contributed by atoms with Gasteiger partial charge in [0.2, 0.25) is 5.78 Å². The summed E-state index contributed by atoms with van der Waals surface area (Å²) in [6.07, 6.45) is 4.30. The molecule has 4 nitrogen and oxygen atoms in total. The Morgan fingerprint density at radius 3 is 2.68 bits per heavy atom. The van der Waals surface area contributed by atoms with Crippen LogP contribution in [0.3, 0.4) is 0 Å². The van der Waals surface area contributed by atoms with Crippen molar-refractivity contribution in [1.29, 1.82) is 0 Å². The summed E-state index contributed by atoms with van der Waals surface area (Å²) in [6.45, 7) is 5.12. The van der Waals surface area contributed by atoms with E-state index in [1.165, 1.54) is 19.1 Å². The molecule has 1 rings (SSSR count). The van der Waals surface area contributed by atoms with Crippen LogP contribution in [0.1, 0.15) is 22.8 Å². The first-order chi connectivity index (χ1) is 9.04. The van der Waals surface area contributed by atoms with Crippen LogP contribution in [0.15, 0.2) is 43.0 Å². The van der Waals surface area contributed by atoms with E-state index in [1.54, 1.807) is 30.3 Å². The minimum Gasteiger partial charge on any atom is -0.349 e. The van der Waals surface area contributed by atoms with Gasteiger partial charge < -0.3 is 5.32 Å². The Labute approximate surface area is 111 Å². The predicted octanol–water partition coefficient (Wildman–Crippen LogP) is 1.77. The smallest absolute Gasteiger partial charge is 0.251 e. The van der Waals surface area contributed by atoms with Gasteiger partial charge in [-0.15, -0.1) is 6.58 Å². The monoisotopic (exact) mass is 257 g/mol. The van der Waals surface area contributed by atoms with E-state index in [9.17, 15) is 14.4 Å². The van der Waals surface area contributed by atoms with E-state index in [-0.39, 0.29) is 5.91 Å². The molecular weight excluding hydrogens is 242 g/mol. The molecule has 0 atom stereocenters. The van der Waals surface area contributed by atoms with E-state index in [1.807, 2.05) is 0 Å². The van der Waals surface area contributed by atoms with Gasteiger partial charge in [0, 0.05) is 19.0 Å². The molecule has 1 aromatic carbocycles. The summed E-state index contributed by atoms with van der Waals surface area (Å²) in [7, 11) is 0. The third kappa shape index (κ3) is 4.71. The molecule has 0 bridgehead atoms. The topological polar surface area (TPSA) is 63.2 Å². The normalized spacial score (nSPS) is 10.2. The van der Waals surface area contributed by atoms with Crippen molar-refractivity contribution in [2.45, 2.75) is 6.92 Å². The van der Waals surface area contributed by atoms with E-state index < -0.39 is 11.6 Å². The first-order valence-electron chi connectivity index (χ1n) is 5.76. The third-order valence-electron chi connectivity index (χ3n) is 2.33. The molecule has 98 valence electrons. The lowest BCUT2D eigenvalue weighted by Gasteiger charge is -2.03. The molecule has 0 unspecified atom stereocenters. The van der Waals surface area contributed by atoms with Crippen LogP contribution in [0.2, 0.25) is 0 Å². The van der Waals surface area contributed by atoms with Crippen LogP contribution in [-0.4, -0.2) is 24.0 Å². The Morgan fingerprint density at radius 2 is 2.05 bits per heavy atom. The highest BCUT2D eigenvalue weighted by Crippen LogP contribution is 2.07. The Morgan fingerprint density at radius 1 is 1.32 bits per heavy atom. The lowest BCUT2D eigenvalue weighted by Crippen LogP contribution is -2.23. The zero-order chi connectivity index (χ0) is 14.3. The number of ketones is 2. The highest BCUT2D eigenvalue weighted by Gasteiger charge is 2.05. The number of carbonyl (C=O) groups excluding carboxylic acids is 3. The lowest BCUT2D eigenvalue weighted by atomic mass is 10.1. The van der Waals surface area contributed by atoms with Crippen LogP contribution in [-0.2, 0) is 9.59 Å². The molecule has 0 fully saturated rings. The van der Waals surface area contributed by atoms with Crippen LogP contribution < -0.4 is 5.32 Å². The Bertz CT molecular complexity index is 544. The van der Waals surface area contributed by atoms with E-state index in [4.69, 9.17) is 0 Å². The molecule has 4 heteroatoms. The van der Waals surface area contributed by atoms with Crippen molar-refractivity contribution in [3.8, 4) is 0 Å². The maximum Gasteiger partial charge on any atom is 0.251 e. The van der Waals surface area contributed by atoms with Crippen LogP contribution in [0.5, 0.6) is 0 Å². The number of hydrogen-bond acceptors (Lipinski definition) is 3. The number of carbonyl (C=O) groups is 3. The van der Waals surface area contributed by atoms with Gasteiger partial charge >= 0.3 is 0 Å². The van der Waals surface area contributed by atoms with Gasteiger partial charge in [-0.2, -0.15) is 0 Å². The maximum atomic E-state index is 11.7. The average molecular weight is 257 g/mol. The third-order valence-corrected chi connectivity index (χ3v) is 2.33. The molecule has 0 radical (unpaired) electrons. The lowest BCUT2D eigenvalue weighted by molar-refractivity contribution is -0.132. The molecule has 0 aliphatic carbocycles. The minimum absolute atomic E-state index is 0.215. The summed E-state index contributed by atoms with van der Waals surface area (Å²) < 4.78 is 0. The average Bonchev–Trinajstić information content (AvgIpc) is 2.42. The van der Waals surface area contributed by atoms with Crippen molar-refractivity contribution in [1.82, 2.24) is 5.32 Å². The molecule has 0 saturated heterocycles. The molecule has 0 heterocycles. The molecule has 0 spiro atoms. The van der Waals surface area contributed by atoms with Crippen molar-refractivity contribution in [3.63, 3.8) is 0 Å². The number of hydrogen-bond donors (Lipinski definition) is 1. The molecule has 1 amide bonds. The number of Topliss-reactive ketones (excluding diaryl/α,β-unsaturated/α-hetero) is 1. The Hall–Kier alpha value is -2.49. The summed E-state index contributed by atoms with van der Waals surface area (Å²) >= 11 is 0. The second kappa shape index (κ2) is 7.06. The van der Waals surface area contributed by atoms with Gasteiger partial charge in [-0.3, -0.25) is 14.4 Å². The highest BCUT2D eigenvalue weighted by molar-refractivity contribution is 6.41. The number of nitrogens with one attached hydrogen (secondary N) is 1. The van der Waals surface area contributed by atoms with E-state index in [0.717, 1.165) is 0 Å². The van der Waals surface area contributed by atoms with Gasteiger partial charge in [0.15, 0.2) is 5.78 Å². The van der Waals surface area contributed by atoms with Crippen LogP contribution in [0, 0.1) is 0 Å². The van der Waals surface area contributed by atoms with Crippen molar-refractivity contribution >= 4 is 23.5 Å². The van der Waals surface area contributed by atoms with E-state index >= 15 is 0 Å². The molecule has 1 aromatic rings. The van der Waals surface area contributed by atoms with Crippen LogP contribution in [0.25, 0.3) is 6.08 Å². The molecule has 0 aliphatic heterocycles. The number of benzene rings is 1. The summed E-state index contributed by atoms with van der Waals surface area (Å²) in [5, 5.41) is 2.66. The molecule has 0 saturated carbocycles. The fourth-order valence-electron chi connectivity index (χ4n) is 1.34. The largest absolute Gasteiger partial charge is 0.349 e. The van der Waals surface area contributed by atoms with Gasteiger partial charge in [0.1, 0.15) is 0 Å². The Balaban J connectivity index is 2.82. The first-order valence-corrected chi connectivity index (χ1v) is 5.76. The minimum atomic E-state index is -0.568. The van der Waals surface area contributed by atoms with Crippen molar-refractivity contribution in [2.24, 2.45) is 0 Å². The van der Waals surface area contributed by atoms with E-state index in [2.05, 4.69) is 11.9 Å². The number of amides is 1. The summed E-state index contributed by atoms with van der Waals surface area (Å²) in [4.78, 5) is 33.6. The Kier molecular flexibility index (Phi) is 5.41. The van der Waals surface area contributed by atoms with Gasteiger partial charge in [-0.25, -0.2) is 0 Å². The molecular formula is C15H15NO3. The van der Waals surface area contributed by atoms with Gasteiger partial charge in [-0.1, -0.05) is 24.3 Å². The fraction of sp³-hybridized carbons (Fsp3) is 0.133. The molecule has 0 aliphatic rings. The second-order valence-corrected chi connectivity index (χ2v) is 3.88. The summed E-state index contributed by atoms with van der Waals surface area (Å²) in [6, 6.07) is 6.76. The van der Waals surface area contributed by atoms with Crippen molar-refractivity contribution in [3.05, 3.63) is 54.1 Å². The number of rotatable bonds is 6. The van der Waals surface area contributed by atoms with Crippen molar-refractivity contribution < 1.29 is 14.4 Å². The summed E-state index contributed by atoms with van der Waals surface area (Å²) in [5.41, 5.74) is 1.17. The zero-order valence-corrected chi connectivity index (χ0v) is 10.7. The molecule has 19 heavy (non-hydrogen) atoms. The van der Waals surface area contributed by atoms with Crippen LogP contribution in [0.4, 0.5) is 0 Å². The molecule has 0 aromatic heterocycles. The predicted molar refractivity (Wildman–Crippen MR) is 73.7 cm³/mol.